The molecule has 1 saturated heterocycles. The number of rotatable bonds is 14. The highest BCUT2D eigenvalue weighted by Gasteiger charge is 2.50. The maximum absolute atomic E-state index is 14.5. The fraction of sp³-hybridized carbons (Fsp3) is 0.485. The quantitative estimate of drug-likeness (QED) is 0.0568. The first-order chi connectivity index (χ1) is 22.4. The number of likely N-dealkylation sites (tertiary alicyclic amines) is 1. The van der Waals surface area contributed by atoms with Gasteiger partial charge in [0.1, 0.15) is 36.0 Å². The number of aromatic hydroxyl groups is 2. The normalized spacial score (nSPS) is 22.3. The van der Waals surface area contributed by atoms with Crippen molar-refractivity contribution < 1.29 is 39.6 Å². The van der Waals surface area contributed by atoms with E-state index >= 15 is 0 Å². The van der Waals surface area contributed by atoms with Crippen LogP contribution < -0.4 is 22.1 Å². The molecule has 0 bridgehead atoms. The lowest BCUT2D eigenvalue weighted by Crippen LogP contribution is -2.59. The number of benzene rings is 2. The second kappa shape index (κ2) is 16.2. The molecule has 3 amide bonds. The average molecular weight is 653 g/mol. The van der Waals surface area contributed by atoms with E-state index in [0.717, 1.165) is 0 Å². The molecule has 47 heavy (non-hydrogen) atoms. The van der Waals surface area contributed by atoms with Crippen molar-refractivity contribution in [1.29, 1.82) is 0 Å². The van der Waals surface area contributed by atoms with Gasteiger partial charge in [-0.15, -0.1) is 0 Å². The molecule has 0 unspecified atom stereocenters. The summed E-state index contributed by atoms with van der Waals surface area (Å²) < 4.78 is 0. The number of hydrogen-bond acceptors (Lipinski definition) is 9. The zero-order valence-corrected chi connectivity index (χ0v) is 26.1. The van der Waals surface area contributed by atoms with E-state index < -0.39 is 54.1 Å². The number of phenols is 2. The second-order valence-electron chi connectivity index (χ2n) is 12.3. The number of nitrogens with one attached hydrogen (secondary N) is 2. The van der Waals surface area contributed by atoms with Crippen LogP contribution >= 0.6 is 0 Å². The maximum Gasteiger partial charge on any atom is 0.249 e. The highest BCUT2D eigenvalue weighted by molar-refractivity contribution is 5.94. The maximum atomic E-state index is 14.5. The molecule has 2 aliphatic rings. The van der Waals surface area contributed by atoms with Crippen molar-refractivity contribution >= 4 is 30.0 Å². The van der Waals surface area contributed by atoms with Gasteiger partial charge in [0.15, 0.2) is 5.96 Å². The van der Waals surface area contributed by atoms with Crippen LogP contribution in [0.25, 0.3) is 0 Å². The highest BCUT2D eigenvalue weighted by atomic mass is 16.3. The van der Waals surface area contributed by atoms with E-state index in [9.17, 15) is 39.6 Å². The minimum Gasteiger partial charge on any atom is -0.508 e. The summed E-state index contributed by atoms with van der Waals surface area (Å²) >= 11 is 0. The zero-order chi connectivity index (χ0) is 34.1. The van der Waals surface area contributed by atoms with Crippen LogP contribution in [0.4, 0.5) is 0 Å². The molecule has 7 atom stereocenters. The number of phenolic OH excluding ortho intramolecular Hbond substituents is 2. The molecule has 0 aromatic heterocycles. The van der Waals surface area contributed by atoms with Crippen LogP contribution in [0, 0.1) is 5.92 Å². The predicted octanol–water partition coefficient (Wildman–Crippen LogP) is -0.403. The van der Waals surface area contributed by atoms with E-state index in [1.54, 1.807) is 24.3 Å². The molecule has 254 valence electrons. The summed E-state index contributed by atoms with van der Waals surface area (Å²) in [7, 11) is 0. The summed E-state index contributed by atoms with van der Waals surface area (Å²) in [4.78, 5) is 58.6. The SMILES string of the molecule is NC(N)=NCCC[C@@H](C=O)NC(=O)[C@@H]1C[C@@H]2CC[C@@H](O)C[C@@H]2N1C(=O)[C@@H](Cc1ccc(O)cc1)NC(=O)[C@H](O)Cc1ccc(O)cc1. The summed E-state index contributed by atoms with van der Waals surface area (Å²) in [5.41, 5.74) is 11.9. The van der Waals surface area contributed by atoms with Crippen molar-refractivity contribution in [3.63, 3.8) is 0 Å². The largest absolute Gasteiger partial charge is 0.508 e. The summed E-state index contributed by atoms with van der Waals surface area (Å²) in [5.74, 6) is -2.01. The van der Waals surface area contributed by atoms with Gasteiger partial charge < -0.3 is 52.2 Å². The number of amides is 3. The molecule has 2 aromatic carbocycles. The van der Waals surface area contributed by atoms with Crippen LogP contribution in [0.3, 0.4) is 0 Å². The van der Waals surface area contributed by atoms with Gasteiger partial charge in [-0.05, 0) is 79.8 Å². The number of fused-ring (bicyclic) bond motifs is 1. The Balaban J connectivity index is 1.57. The number of nitrogens with zero attached hydrogens (tertiary/aromatic N) is 2. The van der Waals surface area contributed by atoms with Gasteiger partial charge in [-0.1, -0.05) is 24.3 Å². The van der Waals surface area contributed by atoms with Gasteiger partial charge >= 0.3 is 0 Å². The number of carbonyl (C=O) groups excluding carboxylic acids is 4. The van der Waals surface area contributed by atoms with E-state index in [4.69, 9.17) is 11.5 Å². The lowest BCUT2D eigenvalue weighted by Gasteiger charge is -2.37. The van der Waals surface area contributed by atoms with Gasteiger partial charge in [-0.3, -0.25) is 19.4 Å². The third kappa shape index (κ3) is 9.66. The Morgan fingerprint density at radius 3 is 2.15 bits per heavy atom. The van der Waals surface area contributed by atoms with E-state index in [1.165, 1.54) is 29.2 Å². The molecular weight excluding hydrogens is 608 g/mol. The number of aliphatic imine (C=N–C) groups is 1. The Kier molecular flexibility index (Phi) is 12.1. The van der Waals surface area contributed by atoms with Crippen molar-refractivity contribution in [1.82, 2.24) is 15.5 Å². The monoisotopic (exact) mass is 652 g/mol. The number of aldehydes is 1. The zero-order valence-electron chi connectivity index (χ0n) is 26.1. The fourth-order valence-electron chi connectivity index (χ4n) is 6.42. The molecule has 1 heterocycles. The van der Waals surface area contributed by atoms with Crippen LogP contribution in [-0.4, -0.2) is 98.2 Å². The van der Waals surface area contributed by atoms with Crippen LogP contribution in [0.5, 0.6) is 11.5 Å². The van der Waals surface area contributed by atoms with E-state index in [2.05, 4.69) is 15.6 Å². The van der Waals surface area contributed by atoms with Gasteiger partial charge in [0.05, 0.1) is 12.1 Å². The number of aliphatic hydroxyl groups excluding tert-OH is 2. The predicted molar refractivity (Wildman–Crippen MR) is 172 cm³/mol. The molecule has 2 aromatic rings. The Morgan fingerprint density at radius 1 is 0.936 bits per heavy atom. The molecule has 14 nitrogen and oxygen atoms in total. The third-order valence-corrected chi connectivity index (χ3v) is 8.82. The van der Waals surface area contributed by atoms with Gasteiger partial charge in [0.25, 0.3) is 0 Å². The van der Waals surface area contributed by atoms with Crippen LogP contribution in [0.1, 0.15) is 49.7 Å². The average Bonchev–Trinajstić information content (AvgIpc) is 3.42. The van der Waals surface area contributed by atoms with Crippen LogP contribution in [0.2, 0.25) is 0 Å². The van der Waals surface area contributed by atoms with Crippen molar-refractivity contribution in [2.24, 2.45) is 22.4 Å². The van der Waals surface area contributed by atoms with Gasteiger partial charge in [0, 0.05) is 25.4 Å². The number of carbonyl (C=O) groups is 4. The molecular formula is C33H44N6O8. The van der Waals surface area contributed by atoms with E-state index in [0.29, 0.717) is 43.1 Å². The molecule has 2 fully saturated rings. The Hall–Kier alpha value is -4.69. The summed E-state index contributed by atoms with van der Waals surface area (Å²) in [6.45, 7) is 0.274. The Bertz CT molecular complexity index is 1420. The minimum atomic E-state index is -1.52. The number of guanidine groups is 1. The summed E-state index contributed by atoms with van der Waals surface area (Å²) in [6.07, 6.45) is 0.721. The minimum absolute atomic E-state index is 0.0106. The smallest absolute Gasteiger partial charge is 0.249 e. The van der Waals surface area contributed by atoms with Gasteiger partial charge in [-0.2, -0.15) is 0 Å². The number of aliphatic hydroxyl groups is 2. The topological polar surface area (TPSA) is 241 Å². The number of nitrogens with two attached hydrogens (primary N) is 2. The molecule has 4 rings (SSSR count). The first kappa shape index (κ1) is 35.2. The molecule has 0 radical (unpaired) electrons. The number of hydrogen-bond donors (Lipinski definition) is 8. The molecule has 10 N–H and O–H groups in total. The molecule has 1 saturated carbocycles. The first-order valence-electron chi connectivity index (χ1n) is 15.8. The third-order valence-electron chi connectivity index (χ3n) is 8.82. The first-order valence-corrected chi connectivity index (χ1v) is 15.8. The van der Waals surface area contributed by atoms with Crippen molar-refractivity contribution in [2.45, 2.75) is 87.7 Å². The van der Waals surface area contributed by atoms with E-state index in [-0.39, 0.29) is 55.6 Å². The van der Waals surface area contributed by atoms with Crippen molar-refractivity contribution in [3.05, 3.63) is 59.7 Å². The molecule has 1 aliphatic carbocycles. The Labute approximate surface area is 272 Å². The van der Waals surface area contributed by atoms with Gasteiger partial charge in [-0.25, -0.2) is 0 Å². The van der Waals surface area contributed by atoms with Crippen molar-refractivity contribution in [3.8, 4) is 11.5 Å². The Morgan fingerprint density at radius 2 is 1.55 bits per heavy atom. The van der Waals surface area contributed by atoms with Gasteiger partial charge in [0.2, 0.25) is 17.7 Å². The van der Waals surface area contributed by atoms with E-state index in [1.807, 2.05) is 0 Å². The molecule has 1 aliphatic heterocycles. The second-order valence-corrected chi connectivity index (χ2v) is 12.3. The van der Waals surface area contributed by atoms with Crippen LogP contribution in [0.15, 0.2) is 53.5 Å². The molecule has 0 spiro atoms. The summed E-state index contributed by atoms with van der Waals surface area (Å²) in [6, 6.07) is 8.61. The fourth-order valence-corrected chi connectivity index (χ4v) is 6.42. The standard InChI is InChI=1S/C33H44N6O8/c34-33(35)36-13-1-2-22(18-40)37-30(45)28-16-21-7-12-25(43)17-27(21)39(28)32(47)26(14-19-3-8-23(41)9-4-19)38-31(46)29(44)15-20-5-10-24(42)11-6-20/h3-6,8-11,18,21-22,25-29,41-44H,1-2,7,12-17H2,(H,37,45)(H,38,46)(H4,34,35,36)/t21-,22-,25+,26+,27-,28-,29+/m0/s1. The lowest BCUT2D eigenvalue weighted by molar-refractivity contribution is -0.145. The van der Waals surface area contributed by atoms with Crippen molar-refractivity contribution in [2.75, 3.05) is 6.54 Å². The summed E-state index contributed by atoms with van der Waals surface area (Å²) in [5, 5.41) is 46.1. The highest BCUT2D eigenvalue weighted by Crippen LogP contribution is 2.40. The molecule has 14 heteroatoms. The lowest BCUT2D eigenvalue weighted by atomic mass is 9.83. The van der Waals surface area contributed by atoms with Crippen LogP contribution in [-0.2, 0) is 32.0 Å².